The predicted octanol–water partition coefficient (Wildman–Crippen LogP) is 2.68. The van der Waals surface area contributed by atoms with Crippen molar-refractivity contribution >= 4 is 11.2 Å². The lowest BCUT2D eigenvalue weighted by atomic mass is 10.1. The Morgan fingerprint density at radius 3 is 2.87 bits per heavy atom. The first kappa shape index (κ1) is 15.1. The lowest BCUT2D eigenvalue weighted by Crippen LogP contribution is -2.31. The number of hydrogen-bond acceptors (Lipinski definition) is 4. The molecule has 0 amide bonds. The van der Waals surface area contributed by atoms with Crippen LogP contribution in [0.5, 0.6) is 0 Å². The Morgan fingerprint density at radius 2 is 2.09 bits per heavy atom. The van der Waals surface area contributed by atoms with Crippen molar-refractivity contribution in [1.29, 1.82) is 0 Å². The highest BCUT2D eigenvalue weighted by Gasteiger charge is 2.30. The van der Waals surface area contributed by atoms with E-state index in [2.05, 4.69) is 39.4 Å². The van der Waals surface area contributed by atoms with Gasteiger partial charge in [0.05, 0.1) is 6.17 Å². The number of nitrogens with zero attached hydrogens (tertiary/aromatic N) is 5. The third-order valence-electron chi connectivity index (χ3n) is 5.64. The summed E-state index contributed by atoms with van der Waals surface area (Å²) in [4.78, 5) is 14.7. The molecule has 5 nitrogen and oxygen atoms in total. The summed E-state index contributed by atoms with van der Waals surface area (Å²) in [6, 6.07) is 4.73. The van der Waals surface area contributed by atoms with Crippen molar-refractivity contribution in [3.05, 3.63) is 24.2 Å². The van der Waals surface area contributed by atoms with Crippen LogP contribution in [-0.4, -0.2) is 57.1 Å². The molecular formula is C18H27N5. The minimum absolute atomic E-state index is 0.432. The molecule has 124 valence electrons. The van der Waals surface area contributed by atoms with E-state index in [1.54, 1.807) is 0 Å². The van der Waals surface area contributed by atoms with Gasteiger partial charge in [-0.05, 0) is 58.0 Å². The average molecular weight is 313 g/mol. The SMILES string of the molecule is CCN1CCCC1n1c(CC2CCCN2C)nc2cccnc21. The van der Waals surface area contributed by atoms with Gasteiger partial charge in [-0.25, -0.2) is 9.97 Å². The molecule has 2 aromatic heterocycles. The Balaban J connectivity index is 1.75. The molecule has 2 atom stereocenters. The first-order valence-corrected chi connectivity index (χ1v) is 9.04. The van der Waals surface area contributed by atoms with Gasteiger partial charge in [0.25, 0.3) is 0 Å². The molecule has 2 saturated heterocycles. The molecule has 0 aromatic carbocycles. The van der Waals surface area contributed by atoms with Crippen molar-refractivity contribution in [2.75, 3.05) is 26.7 Å². The fourth-order valence-corrected chi connectivity index (χ4v) is 4.35. The first-order valence-electron chi connectivity index (χ1n) is 9.04. The molecule has 5 heteroatoms. The molecule has 2 aromatic rings. The van der Waals surface area contributed by atoms with Crippen molar-refractivity contribution in [3.63, 3.8) is 0 Å². The lowest BCUT2D eigenvalue weighted by Gasteiger charge is -2.27. The molecule has 2 unspecified atom stereocenters. The lowest BCUT2D eigenvalue weighted by molar-refractivity contribution is 0.200. The van der Waals surface area contributed by atoms with E-state index in [4.69, 9.17) is 4.98 Å². The zero-order chi connectivity index (χ0) is 15.8. The van der Waals surface area contributed by atoms with E-state index in [1.165, 1.54) is 44.6 Å². The van der Waals surface area contributed by atoms with E-state index in [9.17, 15) is 0 Å². The summed E-state index contributed by atoms with van der Waals surface area (Å²) in [5, 5.41) is 0. The van der Waals surface area contributed by atoms with Crippen molar-refractivity contribution in [2.45, 2.75) is 51.2 Å². The van der Waals surface area contributed by atoms with Gasteiger partial charge in [-0.1, -0.05) is 6.92 Å². The van der Waals surface area contributed by atoms with Crippen LogP contribution in [0, 0.1) is 0 Å². The van der Waals surface area contributed by atoms with Crippen LogP contribution in [0.15, 0.2) is 18.3 Å². The number of rotatable bonds is 4. The van der Waals surface area contributed by atoms with Gasteiger partial charge in [-0.2, -0.15) is 0 Å². The Labute approximate surface area is 138 Å². The van der Waals surface area contributed by atoms with Crippen LogP contribution in [0.3, 0.4) is 0 Å². The summed E-state index contributed by atoms with van der Waals surface area (Å²) < 4.78 is 2.44. The summed E-state index contributed by atoms with van der Waals surface area (Å²) >= 11 is 0. The standard InChI is InChI=1S/C18H27N5/c1-3-22-12-6-9-17(22)23-16(13-14-7-5-11-21(14)2)20-15-8-4-10-19-18(15)23/h4,8,10,14,17H,3,5-7,9,11-13H2,1-2H3. The van der Waals surface area contributed by atoms with Crippen LogP contribution in [0.4, 0.5) is 0 Å². The Morgan fingerprint density at radius 1 is 1.22 bits per heavy atom. The maximum atomic E-state index is 4.97. The number of pyridine rings is 1. The van der Waals surface area contributed by atoms with Gasteiger partial charge in [-0.3, -0.25) is 9.47 Å². The third kappa shape index (κ3) is 2.66. The van der Waals surface area contributed by atoms with E-state index >= 15 is 0 Å². The van der Waals surface area contributed by atoms with Crippen molar-refractivity contribution < 1.29 is 0 Å². The molecule has 0 N–H and O–H groups in total. The van der Waals surface area contributed by atoms with Gasteiger partial charge in [0, 0.05) is 25.2 Å². The Kier molecular flexibility index (Phi) is 4.07. The highest BCUT2D eigenvalue weighted by Crippen LogP contribution is 2.32. The number of likely N-dealkylation sites (N-methyl/N-ethyl adjacent to an activating group) is 1. The summed E-state index contributed by atoms with van der Waals surface area (Å²) in [5.41, 5.74) is 2.11. The van der Waals surface area contributed by atoms with E-state index in [1.807, 2.05) is 12.3 Å². The molecule has 2 aliphatic heterocycles. The summed E-state index contributed by atoms with van der Waals surface area (Å²) in [6.07, 6.45) is 8.45. The first-order chi connectivity index (χ1) is 11.3. The van der Waals surface area contributed by atoms with Crippen molar-refractivity contribution in [1.82, 2.24) is 24.3 Å². The van der Waals surface area contributed by atoms with Crippen LogP contribution >= 0.6 is 0 Å². The number of fused-ring (bicyclic) bond motifs is 1. The van der Waals surface area contributed by atoms with E-state index in [0.717, 1.165) is 24.1 Å². The number of imidazole rings is 1. The summed E-state index contributed by atoms with van der Waals surface area (Å²) in [6.45, 7) is 5.76. The maximum Gasteiger partial charge on any atom is 0.161 e. The van der Waals surface area contributed by atoms with Gasteiger partial charge in [0.1, 0.15) is 11.3 Å². The minimum Gasteiger partial charge on any atom is -0.303 e. The van der Waals surface area contributed by atoms with Gasteiger partial charge in [-0.15, -0.1) is 0 Å². The molecule has 0 spiro atoms. The highest BCUT2D eigenvalue weighted by atomic mass is 15.3. The van der Waals surface area contributed by atoms with Gasteiger partial charge >= 0.3 is 0 Å². The third-order valence-corrected chi connectivity index (χ3v) is 5.64. The van der Waals surface area contributed by atoms with Crippen molar-refractivity contribution in [3.8, 4) is 0 Å². The number of likely N-dealkylation sites (tertiary alicyclic amines) is 2. The van der Waals surface area contributed by atoms with Gasteiger partial charge < -0.3 is 4.90 Å². The van der Waals surface area contributed by atoms with Gasteiger partial charge in [0.15, 0.2) is 5.65 Å². The number of aromatic nitrogens is 3. The Bertz CT molecular complexity index is 679. The van der Waals surface area contributed by atoms with Crippen LogP contribution < -0.4 is 0 Å². The zero-order valence-corrected chi connectivity index (χ0v) is 14.3. The second-order valence-electron chi connectivity index (χ2n) is 6.98. The number of hydrogen-bond donors (Lipinski definition) is 0. The quantitative estimate of drug-likeness (QED) is 0.870. The molecule has 0 bridgehead atoms. The molecule has 0 saturated carbocycles. The van der Waals surface area contributed by atoms with Crippen LogP contribution in [0.2, 0.25) is 0 Å². The topological polar surface area (TPSA) is 37.2 Å². The largest absolute Gasteiger partial charge is 0.303 e. The van der Waals surface area contributed by atoms with E-state index in [-0.39, 0.29) is 0 Å². The Hall–Kier alpha value is -1.46. The molecular weight excluding hydrogens is 286 g/mol. The smallest absolute Gasteiger partial charge is 0.161 e. The van der Waals surface area contributed by atoms with Crippen LogP contribution in [0.25, 0.3) is 11.2 Å². The molecule has 2 fully saturated rings. The molecule has 23 heavy (non-hydrogen) atoms. The summed E-state index contributed by atoms with van der Waals surface area (Å²) in [7, 11) is 2.25. The second-order valence-corrected chi connectivity index (χ2v) is 6.98. The molecule has 0 radical (unpaired) electrons. The molecule has 0 aliphatic carbocycles. The normalized spacial score (nSPS) is 26.5. The predicted molar refractivity (Wildman–Crippen MR) is 92.4 cm³/mol. The highest BCUT2D eigenvalue weighted by molar-refractivity contribution is 5.71. The average Bonchev–Trinajstić information content (AvgIpc) is 3.26. The van der Waals surface area contributed by atoms with Crippen LogP contribution in [0.1, 0.15) is 44.6 Å². The van der Waals surface area contributed by atoms with Crippen LogP contribution in [-0.2, 0) is 6.42 Å². The second kappa shape index (κ2) is 6.21. The summed E-state index contributed by atoms with van der Waals surface area (Å²) in [5.74, 6) is 1.22. The fraction of sp³-hybridized carbons (Fsp3) is 0.667. The molecule has 4 rings (SSSR count). The fourth-order valence-electron chi connectivity index (χ4n) is 4.35. The van der Waals surface area contributed by atoms with E-state index in [0.29, 0.717) is 12.2 Å². The molecule has 4 heterocycles. The monoisotopic (exact) mass is 313 g/mol. The van der Waals surface area contributed by atoms with Crippen molar-refractivity contribution in [2.24, 2.45) is 0 Å². The zero-order valence-electron chi connectivity index (χ0n) is 14.3. The van der Waals surface area contributed by atoms with E-state index < -0.39 is 0 Å². The van der Waals surface area contributed by atoms with Gasteiger partial charge in [0.2, 0.25) is 0 Å². The minimum atomic E-state index is 0.432. The maximum absolute atomic E-state index is 4.97. The molecule has 2 aliphatic rings.